The normalized spacial score (nSPS) is 26.2. The molecule has 0 aromatic heterocycles. The van der Waals surface area contributed by atoms with Crippen LogP contribution in [0.15, 0.2) is 12.1 Å². The van der Waals surface area contributed by atoms with Gasteiger partial charge in [-0.3, -0.25) is 0 Å². The Kier molecular flexibility index (Phi) is 3.78. The topological polar surface area (TPSA) is 66.4 Å². The molecule has 1 aromatic rings. The van der Waals surface area contributed by atoms with E-state index >= 15 is 0 Å². The quantitative estimate of drug-likeness (QED) is 0.875. The van der Waals surface area contributed by atoms with Crippen molar-refractivity contribution in [2.75, 3.05) is 16.8 Å². The number of halogens is 2. The SMILES string of the molecule is Cc1cc(Cl)c(NC2CS(=O)(=O)CC2O)cc1Cl. The number of hydrogen-bond acceptors (Lipinski definition) is 4. The van der Waals surface area contributed by atoms with Gasteiger partial charge in [-0.05, 0) is 24.6 Å². The molecule has 7 heteroatoms. The molecule has 4 nitrogen and oxygen atoms in total. The first-order chi connectivity index (χ1) is 8.28. The van der Waals surface area contributed by atoms with Crippen molar-refractivity contribution >= 4 is 38.7 Å². The summed E-state index contributed by atoms with van der Waals surface area (Å²) in [5, 5.41) is 13.6. The van der Waals surface area contributed by atoms with E-state index in [0.717, 1.165) is 5.56 Å². The molecule has 2 N–H and O–H groups in total. The lowest BCUT2D eigenvalue weighted by Gasteiger charge is -2.18. The van der Waals surface area contributed by atoms with Crippen LogP contribution >= 0.6 is 23.2 Å². The number of sulfone groups is 1. The van der Waals surface area contributed by atoms with Crippen molar-refractivity contribution in [3.8, 4) is 0 Å². The highest BCUT2D eigenvalue weighted by atomic mass is 35.5. The van der Waals surface area contributed by atoms with E-state index in [-0.39, 0.29) is 11.5 Å². The van der Waals surface area contributed by atoms with E-state index in [1.807, 2.05) is 6.92 Å². The largest absolute Gasteiger partial charge is 0.390 e. The molecule has 1 heterocycles. The molecule has 1 aromatic carbocycles. The van der Waals surface area contributed by atoms with E-state index in [1.165, 1.54) is 0 Å². The van der Waals surface area contributed by atoms with Gasteiger partial charge in [0.1, 0.15) is 0 Å². The van der Waals surface area contributed by atoms with E-state index in [9.17, 15) is 13.5 Å². The van der Waals surface area contributed by atoms with Crippen LogP contribution in [0.5, 0.6) is 0 Å². The minimum absolute atomic E-state index is 0.101. The maximum atomic E-state index is 11.4. The van der Waals surface area contributed by atoms with Gasteiger partial charge < -0.3 is 10.4 Å². The first-order valence-electron chi connectivity index (χ1n) is 5.39. The maximum absolute atomic E-state index is 11.4. The second-order valence-electron chi connectivity index (χ2n) is 4.48. The Bertz CT molecular complexity index is 574. The van der Waals surface area contributed by atoms with Crippen molar-refractivity contribution in [3.05, 3.63) is 27.7 Å². The second kappa shape index (κ2) is 4.89. The van der Waals surface area contributed by atoms with Crippen molar-refractivity contribution in [1.82, 2.24) is 0 Å². The van der Waals surface area contributed by atoms with Gasteiger partial charge in [0.15, 0.2) is 9.84 Å². The van der Waals surface area contributed by atoms with Gasteiger partial charge in [0.25, 0.3) is 0 Å². The smallest absolute Gasteiger partial charge is 0.155 e. The van der Waals surface area contributed by atoms with E-state index in [0.29, 0.717) is 15.7 Å². The lowest BCUT2D eigenvalue weighted by molar-refractivity contribution is 0.190. The Labute approximate surface area is 116 Å². The van der Waals surface area contributed by atoms with E-state index < -0.39 is 22.0 Å². The van der Waals surface area contributed by atoms with Gasteiger partial charge in [0, 0.05) is 5.02 Å². The summed E-state index contributed by atoms with van der Waals surface area (Å²) in [7, 11) is -3.18. The van der Waals surface area contributed by atoms with Gasteiger partial charge in [-0.2, -0.15) is 0 Å². The molecule has 1 saturated heterocycles. The summed E-state index contributed by atoms with van der Waals surface area (Å²) in [5.74, 6) is -0.322. The number of aryl methyl sites for hydroxylation is 1. The van der Waals surface area contributed by atoms with Gasteiger partial charge in [-0.25, -0.2) is 8.42 Å². The molecule has 0 aliphatic carbocycles. The molecule has 2 unspecified atom stereocenters. The number of rotatable bonds is 2. The van der Waals surface area contributed by atoms with E-state index in [4.69, 9.17) is 23.2 Å². The number of aliphatic hydroxyl groups is 1. The molecular formula is C11H13Cl2NO3S. The number of anilines is 1. The third-order valence-electron chi connectivity index (χ3n) is 2.91. The summed E-state index contributed by atoms with van der Waals surface area (Å²) in [6.45, 7) is 1.83. The molecule has 18 heavy (non-hydrogen) atoms. The Morgan fingerprint density at radius 2 is 1.94 bits per heavy atom. The van der Waals surface area contributed by atoms with Crippen LogP contribution in [0.2, 0.25) is 10.0 Å². The third kappa shape index (κ3) is 2.91. The number of benzene rings is 1. The number of aliphatic hydroxyl groups excluding tert-OH is 1. The van der Waals surface area contributed by atoms with Crippen LogP contribution < -0.4 is 5.32 Å². The number of nitrogens with one attached hydrogen (secondary N) is 1. The summed E-state index contributed by atoms with van der Waals surface area (Å²) in [4.78, 5) is 0. The lowest BCUT2D eigenvalue weighted by Crippen LogP contribution is -2.31. The molecule has 1 fully saturated rings. The van der Waals surface area contributed by atoms with Crippen molar-refractivity contribution in [1.29, 1.82) is 0 Å². The highest BCUT2D eigenvalue weighted by Crippen LogP contribution is 2.30. The van der Waals surface area contributed by atoms with Crippen LogP contribution in [-0.2, 0) is 9.84 Å². The maximum Gasteiger partial charge on any atom is 0.155 e. The van der Waals surface area contributed by atoms with Crippen LogP contribution in [0.4, 0.5) is 5.69 Å². The Morgan fingerprint density at radius 3 is 2.50 bits per heavy atom. The monoisotopic (exact) mass is 309 g/mol. The molecule has 0 radical (unpaired) electrons. The molecule has 0 saturated carbocycles. The van der Waals surface area contributed by atoms with Crippen molar-refractivity contribution < 1.29 is 13.5 Å². The summed E-state index contributed by atoms with van der Waals surface area (Å²) in [6.07, 6.45) is -0.925. The Balaban J connectivity index is 2.23. The van der Waals surface area contributed by atoms with Crippen molar-refractivity contribution in [3.63, 3.8) is 0 Å². The predicted octanol–water partition coefficient (Wildman–Crippen LogP) is 1.87. The van der Waals surface area contributed by atoms with E-state index in [2.05, 4.69) is 5.32 Å². The van der Waals surface area contributed by atoms with Crippen LogP contribution in [0.3, 0.4) is 0 Å². The van der Waals surface area contributed by atoms with Gasteiger partial charge in [0.2, 0.25) is 0 Å². The fourth-order valence-electron chi connectivity index (χ4n) is 1.92. The summed E-state index contributed by atoms with van der Waals surface area (Å²) >= 11 is 12.0. The van der Waals surface area contributed by atoms with Crippen molar-refractivity contribution in [2.45, 2.75) is 19.1 Å². The molecule has 0 bridgehead atoms. The van der Waals surface area contributed by atoms with Crippen LogP contribution in [0, 0.1) is 6.92 Å². The third-order valence-corrected chi connectivity index (χ3v) is 5.35. The zero-order valence-electron chi connectivity index (χ0n) is 9.65. The Morgan fingerprint density at radius 1 is 1.28 bits per heavy atom. The fourth-order valence-corrected chi connectivity index (χ4v) is 4.10. The van der Waals surface area contributed by atoms with Crippen molar-refractivity contribution in [2.24, 2.45) is 0 Å². The van der Waals surface area contributed by atoms with Gasteiger partial charge >= 0.3 is 0 Å². The zero-order valence-corrected chi connectivity index (χ0v) is 12.0. The zero-order chi connectivity index (χ0) is 13.5. The number of hydrogen-bond donors (Lipinski definition) is 2. The average Bonchev–Trinajstić information content (AvgIpc) is 2.48. The van der Waals surface area contributed by atoms with Gasteiger partial charge in [-0.1, -0.05) is 23.2 Å². The van der Waals surface area contributed by atoms with Gasteiger partial charge in [0.05, 0.1) is 34.4 Å². The first-order valence-corrected chi connectivity index (χ1v) is 7.97. The summed E-state index contributed by atoms with van der Waals surface area (Å²) in [6, 6.07) is 2.78. The standard InChI is InChI=1S/C11H13Cl2NO3S/c1-6-2-8(13)9(3-7(6)12)14-10-4-18(16,17)5-11(10)15/h2-3,10-11,14-15H,4-5H2,1H3. The molecule has 100 valence electrons. The average molecular weight is 310 g/mol. The molecule has 1 aliphatic rings. The summed E-state index contributed by atoms with van der Waals surface area (Å²) < 4.78 is 22.8. The first kappa shape index (κ1) is 13.9. The highest BCUT2D eigenvalue weighted by Gasteiger charge is 2.36. The molecule has 1 aliphatic heterocycles. The minimum atomic E-state index is -3.18. The van der Waals surface area contributed by atoms with Crippen LogP contribution in [0.25, 0.3) is 0 Å². The lowest BCUT2D eigenvalue weighted by atomic mass is 10.1. The van der Waals surface area contributed by atoms with Crippen LogP contribution in [-0.4, -0.2) is 37.2 Å². The minimum Gasteiger partial charge on any atom is -0.390 e. The highest BCUT2D eigenvalue weighted by molar-refractivity contribution is 7.91. The second-order valence-corrected chi connectivity index (χ2v) is 7.44. The molecule has 0 amide bonds. The molecule has 2 atom stereocenters. The van der Waals surface area contributed by atoms with Gasteiger partial charge in [-0.15, -0.1) is 0 Å². The van der Waals surface area contributed by atoms with E-state index in [1.54, 1.807) is 12.1 Å². The molecular weight excluding hydrogens is 297 g/mol. The summed E-state index contributed by atoms with van der Waals surface area (Å²) in [5.41, 5.74) is 1.38. The van der Waals surface area contributed by atoms with Crippen LogP contribution in [0.1, 0.15) is 5.56 Å². The predicted molar refractivity (Wildman–Crippen MR) is 73.3 cm³/mol. The molecule has 0 spiro atoms. The Hall–Kier alpha value is -0.490. The molecule has 2 rings (SSSR count). The fraction of sp³-hybridized carbons (Fsp3) is 0.455.